The molecule has 3 aromatic rings. The predicted octanol–water partition coefficient (Wildman–Crippen LogP) is 4.41. The minimum atomic E-state index is 0.706. The zero-order valence-corrected chi connectivity index (χ0v) is 11.1. The van der Waals surface area contributed by atoms with Gasteiger partial charge in [0, 0.05) is 15.4 Å². The highest BCUT2D eigenvalue weighted by Gasteiger charge is 2.13. The number of hydrogen-bond acceptors (Lipinski definition) is 1. The fourth-order valence-corrected chi connectivity index (χ4v) is 2.62. The first-order chi connectivity index (χ1) is 8.81. The first-order valence-electron chi connectivity index (χ1n) is 5.62. The third kappa shape index (κ3) is 1.68. The lowest BCUT2D eigenvalue weighted by Crippen LogP contribution is -1.83. The third-order valence-corrected chi connectivity index (χ3v) is 3.66. The van der Waals surface area contributed by atoms with E-state index in [1.165, 1.54) is 0 Å². The van der Waals surface area contributed by atoms with Gasteiger partial charge in [-0.15, -0.1) is 0 Å². The van der Waals surface area contributed by atoms with Crippen molar-refractivity contribution >= 4 is 33.1 Å². The number of carbonyl (C=O) groups excluding carboxylic acids is 1. The van der Waals surface area contributed by atoms with Crippen LogP contribution >= 0.6 is 15.9 Å². The second-order valence-corrected chi connectivity index (χ2v) is 4.91. The van der Waals surface area contributed by atoms with Crippen LogP contribution < -0.4 is 0 Å². The van der Waals surface area contributed by atoms with Crippen LogP contribution in [0, 0.1) is 0 Å². The van der Waals surface area contributed by atoms with Gasteiger partial charge in [-0.1, -0.05) is 42.5 Å². The van der Waals surface area contributed by atoms with Crippen molar-refractivity contribution in [1.29, 1.82) is 0 Å². The molecule has 3 heteroatoms. The van der Waals surface area contributed by atoms with Gasteiger partial charge in [0.2, 0.25) is 0 Å². The molecule has 0 aliphatic heterocycles. The molecule has 2 nitrogen and oxygen atoms in total. The molecule has 1 N–H and O–H groups in total. The summed E-state index contributed by atoms with van der Waals surface area (Å²) in [6.07, 6.45) is 0.910. The fourth-order valence-electron chi connectivity index (χ4n) is 2.16. The Morgan fingerprint density at radius 3 is 2.50 bits per heavy atom. The summed E-state index contributed by atoms with van der Waals surface area (Å²) >= 11 is 3.50. The molecule has 88 valence electrons. The number of rotatable bonds is 2. The van der Waals surface area contributed by atoms with Crippen molar-refractivity contribution in [1.82, 2.24) is 4.98 Å². The number of benzene rings is 2. The van der Waals surface area contributed by atoms with E-state index < -0.39 is 0 Å². The molecule has 0 amide bonds. The molecule has 0 bridgehead atoms. The van der Waals surface area contributed by atoms with E-state index in [0.29, 0.717) is 5.56 Å². The summed E-state index contributed by atoms with van der Waals surface area (Å²) in [4.78, 5) is 14.7. The number of halogens is 1. The third-order valence-electron chi connectivity index (χ3n) is 3.00. The van der Waals surface area contributed by atoms with E-state index >= 15 is 0 Å². The SMILES string of the molecule is O=Cc1c(-c2ccccc2)[nH]c2c(Br)cccc12. The smallest absolute Gasteiger partial charge is 0.152 e. The average molecular weight is 300 g/mol. The van der Waals surface area contributed by atoms with Crippen LogP contribution in [0.25, 0.3) is 22.2 Å². The van der Waals surface area contributed by atoms with Gasteiger partial charge in [-0.2, -0.15) is 0 Å². The van der Waals surface area contributed by atoms with E-state index in [4.69, 9.17) is 0 Å². The van der Waals surface area contributed by atoms with Crippen LogP contribution in [0.5, 0.6) is 0 Å². The molecular weight excluding hydrogens is 290 g/mol. The van der Waals surface area contributed by atoms with Crippen molar-refractivity contribution < 1.29 is 4.79 Å². The van der Waals surface area contributed by atoms with Gasteiger partial charge >= 0.3 is 0 Å². The van der Waals surface area contributed by atoms with E-state index in [1.54, 1.807) is 0 Å². The van der Waals surface area contributed by atoms with Crippen LogP contribution in [0.3, 0.4) is 0 Å². The minimum absolute atomic E-state index is 0.706. The Morgan fingerprint density at radius 2 is 1.78 bits per heavy atom. The average Bonchev–Trinajstić information content (AvgIpc) is 2.80. The number of H-pyrrole nitrogens is 1. The van der Waals surface area contributed by atoms with Crippen molar-refractivity contribution in [3.05, 3.63) is 58.6 Å². The van der Waals surface area contributed by atoms with Gasteiger partial charge in [0.15, 0.2) is 6.29 Å². The Labute approximate surface area is 113 Å². The number of aldehydes is 1. The van der Waals surface area contributed by atoms with Gasteiger partial charge in [0.1, 0.15) is 0 Å². The second kappa shape index (κ2) is 4.42. The summed E-state index contributed by atoms with van der Waals surface area (Å²) in [5, 5.41) is 0.943. The largest absolute Gasteiger partial charge is 0.353 e. The Hall–Kier alpha value is -1.87. The molecule has 0 fully saturated rings. The van der Waals surface area contributed by atoms with Gasteiger partial charge in [-0.05, 0) is 27.6 Å². The molecule has 0 saturated heterocycles. The molecule has 0 unspecified atom stereocenters. The highest BCUT2D eigenvalue weighted by molar-refractivity contribution is 9.10. The van der Waals surface area contributed by atoms with Crippen molar-refractivity contribution in [3.63, 3.8) is 0 Å². The number of nitrogens with one attached hydrogen (secondary N) is 1. The first-order valence-corrected chi connectivity index (χ1v) is 6.41. The van der Waals surface area contributed by atoms with Crippen molar-refractivity contribution in [3.8, 4) is 11.3 Å². The summed E-state index contributed by atoms with van der Waals surface area (Å²) in [6.45, 7) is 0. The number of para-hydroxylation sites is 1. The van der Waals surface area contributed by atoms with Gasteiger partial charge in [-0.25, -0.2) is 0 Å². The first kappa shape index (κ1) is 11.2. The maximum Gasteiger partial charge on any atom is 0.152 e. The summed E-state index contributed by atoms with van der Waals surface area (Å²) in [5.41, 5.74) is 3.55. The number of hydrogen-bond donors (Lipinski definition) is 1. The molecule has 3 rings (SSSR count). The van der Waals surface area contributed by atoms with E-state index in [9.17, 15) is 4.79 Å². The van der Waals surface area contributed by atoms with Crippen LogP contribution in [0.1, 0.15) is 10.4 Å². The Kier molecular flexibility index (Phi) is 2.76. The molecule has 1 aromatic heterocycles. The van der Waals surface area contributed by atoms with Crippen LogP contribution in [0.4, 0.5) is 0 Å². The Morgan fingerprint density at radius 1 is 1.00 bits per heavy atom. The molecular formula is C15H10BrNO. The molecule has 18 heavy (non-hydrogen) atoms. The zero-order valence-electron chi connectivity index (χ0n) is 9.48. The molecule has 2 aromatic carbocycles. The predicted molar refractivity (Wildman–Crippen MR) is 76.8 cm³/mol. The maximum absolute atomic E-state index is 11.4. The second-order valence-electron chi connectivity index (χ2n) is 4.06. The van der Waals surface area contributed by atoms with Crippen molar-refractivity contribution in [2.45, 2.75) is 0 Å². The molecule has 0 saturated carbocycles. The fraction of sp³-hybridized carbons (Fsp3) is 0. The minimum Gasteiger partial charge on any atom is -0.353 e. The number of aromatic nitrogens is 1. The molecule has 0 radical (unpaired) electrons. The number of aromatic amines is 1. The maximum atomic E-state index is 11.4. The summed E-state index contributed by atoms with van der Waals surface area (Å²) in [5.74, 6) is 0. The summed E-state index contributed by atoms with van der Waals surface area (Å²) in [7, 11) is 0. The van der Waals surface area contributed by atoms with Gasteiger partial charge in [0.05, 0.1) is 11.2 Å². The van der Waals surface area contributed by atoms with E-state index in [-0.39, 0.29) is 0 Å². The van der Waals surface area contributed by atoms with Gasteiger partial charge < -0.3 is 4.98 Å². The standard InChI is InChI=1S/C15H10BrNO/c16-13-8-4-7-11-12(9-18)14(17-15(11)13)10-5-2-1-3-6-10/h1-9,17H. The van der Waals surface area contributed by atoms with E-state index in [0.717, 1.165) is 32.9 Å². The Balaban J connectivity index is 2.37. The quantitative estimate of drug-likeness (QED) is 0.699. The van der Waals surface area contributed by atoms with Crippen LogP contribution in [-0.2, 0) is 0 Å². The highest BCUT2D eigenvalue weighted by Crippen LogP contribution is 2.32. The van der Waals surface area contributed by atoms with Crippen LogP contribution in [-0.4, -0.2) is 11.3 Å². The van der Waals surface area contributed by atoms with Crippen molar-refractivity contribution in [2.75, 3.05) is 0 Å². The highest BCUT2D eigenvalue weighted by atomic mass is 79.9. The lowest BCUT2D eigenvalue weighted by atomic mass is 10.1. The summed E-state index contributed by atoms with van der Waals surface area (Å²) < 4.78 is 0.963. The van der Waals surface area contributed by atoms with Gasteiger partial charge in [0.25, 0.3) is 0 Å². The van der Waals surface area contributed by atoms with Crippen LogP contribution in [0.2, 0.25) is 0 Å². The number of fused-ring (bicyclic) bond motifs is 1. The van der Waals surface area contributed by atoms with E-state index in [2.05, 4.69) is 20.9 Å². The van der Waals surface area contributed by atoms with Crippen molar-refractivity contribution in [2.24, 2.45) is 0 Å². The normalized spacial score (nSPS) is 10.7. The van der Waals surface area contributed by atoms with Gasteiger partial charge in [-0.3, -0.25) is 4.79 Å². The van der Waals surface area contributed by atoms with Crippen LogP contribution in [0.15, 0.2) is 53.0 Å². The zero-order chi connectivity index (χ0) is 12.5. The molecule has 1 heterocycles. The lowest BCUT2D eigenvalue weighted by Gasteiger charge is -1.98. The summed E-state index contributed by atoms with van der Waals surface area (Å²) in [6, 6.07) is 15.7. The monoisotopic (exact) mass is 299 g/mol. The van der Waals surface area contributed by atoms with E-state index in [1.807, 2.05) is 48.5 Å². The molecule has 0 aliphatic carbocycles. The molecule has 0 aliphatic rings. The Bertz CT molecular complexity index is 716. The molecule has 0 spiro atoms. The molecule has 0 atom stereocenters. The number of carbonyl (C=O) groups is 1. The topological polar surface area (TPSA) is 32.9 Å². The lowest BCUT2D eigenvalue weighted by molar-refractivity contribution is 0.112.